The summed E-state index contributed by atoms with van der Waals surface area (Å²) in [7, 11) is 0. The number of hydrogen-bond acceptors (Lipinski definition) is 3. The fraction of sp³-hybridized carbons (Fsp3) is 0.500. The first-order chi connectivity index (χ1) is 14.6. The van der Waals surface area contributed by atoms with E-state index in [1.54, 1.807) is 0 Å². The topological polar surface area (TPSA) is 9.23 Å². The van der Waals surface area contributed by atoms with Crippen LogP contribution >= 0.6 is 22.7 Å². The molecule has 0 N–H and O–H groups in total. The lowest BCUT2D eigenvalue weighted by molar-refractivity contribution is -0.354. The Bertz CT molecular complexity index is 877. The summed E-state index contributed by atoms with van der Waals surface area (Å²) < 4.78 is 186. The molecule has 2 aromatic heterocycles. The largest absolute Gasteiger partial charge is 0.459 e. The van der Waals surface area contributed by atoms with Gasteiger partial charge in [-0.15, -0.1) is 22.7 Å². The second kappa shape index (κ2) is 8.46. The average molecular weight is 546 g/mol. The molecule has 0 radical (unpaired) electrons. The highest BCUT2D eigenvalue weighted by Crippen LogP contribution is 2.51. The summed E-state index contributed by atoms with van der Waals surface area (Å²) >= 11 is 0.465. The number of ether oxygens (including phenoxy) is 1. The second-order valence-corrected chi connectivity index (χ2v) is 8.43. The molecule has 0 aliphatic heterocycles. The van der Waals surface area contributed by atoms with Crippen LogP contribution in [0.25, 0.3) is 0 Å². The summed E-state index contributed by atoms with van der Waals surface area (Å²) in [6, 6.07) is 1.57. The summed E-state index contributed by atoms with van der Waals surface area (Å²) in [4.78, 5) is -1.79. The van der Waals surface area contributed by atoms with E-state index in [4.69, 9.17) is 4.74 Å². The number of hydrogen-bond donors (Lipinski definition) is 0. The third-order valence-electron chi connectivity index (χ3n) is 4.02. The van der Waals surface area contributed by atoms with Crippen LogP contribution in [0.3, 0.4) is 0 Å². The molecule has 0 spiro atoms. The normalized spacial score (nSPS) is 14.6. The third kappa shape index (κ3) is 5.17. The highest BCUT2D eigenvalue weighted by atomic mass is 32.1. The average Bonchev–Trinajstić information content (AvgIpc) is 3.22. The zero-order chi connectivity index (χ0) is 25.7. The lowest BCUT2D eigenvalue weighted by atomic mass is 10.1. The van der Waals surface area contributed by atoms with Crippen LogP contribution in [-0.2, 0) is 12.8 Å². The molecule has 0 aromatic carbocycles. The maximum atomic E-state index is 13.7. The molecule has 17 heteroatoms. The molecule has 1 nitrogen and oxygen atoms in total. The smallest absolute Gasteiger partial charge is 0.455 e. The van der Waals surface area contributed by atoms with Gasteiger partial charge in [0.25, 0.3) is 0 Å². The van der Waals surface area contributed by atoms with E-state index in [9.17, 15) is 61.5 Å². The van der Waals surface area contributed by atoms with Gasteiger partial charge in [-0.2, -0.15) is 61.5 Å². The van der Waals surface area contributed by atoms with Crippen LogP contribution in [0.5, 0.6) is 11.5 Å². The molecule has 0 aliphatic rings. The van der Waals surface area contributed by atoms with E-state index in [-0.39, 0.29) is 22.7 Å². The molecule has 0 bridgehead atoms. The zero-order valence-electron chi connectivity index (χ0n) is 15.2. The van der Waals surface area contributed by atoms with Gasteiger partial charge in [0.15, 0.2) is 0 Å². The Morgan fingerprint density at radius 1 is 0.545 bits per heavy atom. The van der Waals surface area contributed by atoms with Crippen LogP contribution in [0.1, 0.15) is 9.75 Å². The third-order valence-corrected chi connectivity index (χ3v) is 5.83. The van der Waals surface area contributed by atoms with Crippen molar-refractivity contribution in [3.05, 3.63) is 32.6 Å². The van der Waals surface area contributed by atoms with E-state index in [0.29, 0.717) is 0 Å². The van der Waals surface area contributed by atoms with Gasteiger partial charge >= 0.3 is 36.0 Å². The van der Waals surface area contributed by atoms with E-state index in [0.717, 1.165) is 22.9 Å². The molecule has 0 amide bonds. The van der Waals surface area contributed by atoms with Gasteiger partial charge in [-0.25, -0.2) is 0 Å². The van der Waals surface area contributed by atoms with Gasteiger partial charge in [-0.3, -0.25) is 0 Å². The summed E-state index contributed by atoms with van der Waals surface area (Å²) in [5.41, 5.74) is 0. The molecule has 0 fully saturated rings. The molecule has 188 valence electrons. The quantitative estimate of drug-likeness (QED) is 0.303. The Kier molecular flexibility index (Phi) is 7.04. The van der Waals surface area contributed by atoms with Crippen molar-refractivity contribution >= 4 is 22.7 Å². The van der Waals surface area contributed by atoms with Gasteiger partial charge in [0.05, 0.1) is 22.6 Å². The van der Waals surface area contributed by atoms with Crippen molar-refractivity contribution in [3.8, 4) is 11.5 Å². The van der Waals surface area contributed by atoms with Crippen LogP contribution in [0.15, 0.2) is 22.9 Å². The fourth-order valence-electron chi connectivity index (χ4n) is 2.26. The first-order valence-electron chi connectivity index (χ1n) is 8.09. The van der Waals surface area contributed by atoms with E-state index < -0.39 is 70.1 Å². The maximum Gasteiger partial charge on any atom is 0.459 e. The lowest BCUT2D eigenvalue weighted by Gasteiger charge is -2.28. The minimum Gasteiger partial charge on any atom is -0.455 e. The molecule has 33 heavy (non-hydrogen) atoms. The SMILES string of the molecule is FC(F)(F)C(F)(F)C(F)(F)Cc1sccc1Oc1ccsc1CC(F)(F)C(F)(F)C(F)(F)F. The number of rotatable bonds is 8. The number of halogens is 14. The van der Waals surface area contributed by atoms with Gasteiger partial charge in [-0.05, 0) is 22.9 Å². The molecular formula is C16H8F14OS2. The van der Waals surface area contributed by atoms with Crippen LogP contribution < -0.4 is 4.74 Å². The predicted molar refractivity (Wildman–Crippen MR) is 88.0 cm³/mol. The van der Waals surface area contributed by atoms with E-state index >= 15 is 0 Å². The van der Waals surface area contributed by atoms with Crippen LogP contribution in [0.2, 0.25) is 0 Å². The molecule has 0 aliphatic carbocycles. The summed E-state index contributed by atoms with van der Waals surface area (Å²) in [6.07, 6.45) is -17.6. The summed E-state index contributed by atoms with van der Waals surface area (Å²) in [5.74, 6) is -25.8. The molecule has 2 heterocycles. The van der Waals surface area contributed by atoms with Crippen molar-refractivity contribution in [1.82, 2.24) is 0 Å². The molecule has 0 unspecified atom stereocenters. The predicted octanol–water partition coefficient (Wildman–Crippen LogP) is 8.35. The highest BCUT2D eigenvalue weighted by molar-refractivity contribution is 7.10. The number of thiophene rings is 2. The second-order valence-electron chi connectivity index (χ2n) is 6.42. The highest BCUT2D eigenvalue weighted by Gasteiger charge is 2.73. The Morgan fingerprint density at radius 3 is 1.12 bits per heavy atom. The van der Waals surface area contributed by atoms with Gasteiger partial charge in [0, 0.05) is 0 Å². The first kappa shape index (κ1) is 27.5. The van der Waals surface area contributed by atoms with Crippen molar-refractivity contribution in [1.29, 1.82) is 0 Å². The first-order valence-corrected chi connectivity index (χ1v) is 9.85. The van der Waals surface area contributed by atoms with E-state index in [1.165, 1.54) is 0 Å². The van der Waals surface area contributed by atoms with Gasteiger partial charge in [0.1, 0.15) is 11.5 Å². The van der Waals surface area contributed by atoms with Crippen LogP contribution in [0, 0.1) is 0 Å². The maximum absolute atomic E-state index is 13.7. The van der Waals surface area contributed by atoms with Crippen molar-refractivity contribution in [2.45, 2.75) is 48.9 Å². The Morgan fingerprint density at radius 2 is 0.848 bits per heavy atom. The van der Waals surface area contributed by atoms with Crippen molar-refractivity contribution in [2.75, 3.05) is 0 Å². The fourth-order valence-corrected chi connectivity index (χ4v) is 3.95. The standard InChI is InChI=1S/C16H8F14OS2/c17-11(18,13(21,22)15(25,26)27)5-9-7(1-3-32-9)31-8-2-4-33-10(8)6-12(19,20)14(23,24)16(28,29)30/h1-4H,5-6H2. The van der Waals surface area contributed by atoms with Gasteiger partial charge in [-0.1, -0.05) is 0 Å². The molecule has 0 atom stereocenters. The van der Waals surface area contributed by atoms with E-state index in [1.807, 2.05) is 0 Å². The minimum absolute atomic E-state index is 0.232. The molecular weight excluding hydrogens is 538 g/mol. The van der Waals surface area contributed by atoms with Crippen molar-refractivity contribution in [3.63, 3.8) is 0 Å². The van der Waals surface area contributed by atoms with Crippen LogP contribution in [-0.4, -0.2) is 36.0 Å². The molecule has 2 aromatic rings. The van der Waals surface area contributed by atoms with Crippen molar-refractivity contribution < 1.29 is 66.2 Å². The number of alkyl halides is 14. The monoisotopic (exact) mass is 546 g/mol. The van der Waals surface area contributed by atoms with Crippen molar-refractivity contribution in [2.24, 2.45) is 0 Å². The van der Waals surface area contributed by atoms with Gasteiger partial charge in [0.2, 0.25) is 0 Å². The van der Waals surface area contributed by atoms with Gasteiger partial charge < -0.3 is 4.74 Å². The lowest BCUT2D eigenvalue weighted by Crippen LogP contribution is -2.53. The minimum atomic E-state index is -6.61. The summed E-state index contributed by atoms with van der Waals surface area (Å²) in [5, 5.41) is 1.82. The summed E-state index contributed by atoms with van der Waals surface area (Å²) in [6.45, 7) is 0. The van der Waals surface area contributed by atoms with Crippen LogP contribution in [0.4, 0.5) is 61.5 Å². The van der Waals surface area contributed by atoms with E-state index in [2.05, 4.69) is 0 Å². The Labute approximate surface area is 182 Å². The Hall–Kier alpha value is -1.78. The molecule has 0 saturated carbocycles. The Balaban J connectivity index is 2.29. The zero-order valence-corrected chi connectivity index (χ0v) is 16.9. The molecule has 0 saturated heterocycles. The molecule has 2 rings (SSSR count).